The number of anilines is 1. The van der Waals surface area contributed by atoms with E-state index >= 15 is 0 Å². The van der Waals surface area contributed by atoms with Gasteiger partial charge in [-0.05, 0) is 31.4 Å². The predicted molar refractivity (Wildman–Crippen MR) is 109 cm³/mol. The van der Waals surface area contributed by atoms with Gasteiger partial charge in [-0.3, -0.25) is 4.79 Å². The van der Waals surface area contributed by atoms with Gasteiger partial charge < -0.3 is 15.3 Å². The van der Waals surface area contributed by atoms with E-state index in [1.807, 2.05) is 0 Å². The van der Waals surface area contributed by atoms with Crippen LogP contribution in [0.25, 0.3) is 22.2 Å². The number of phenolic OH excluding ortho intramolecular Hbond substituents is 1. The fourth-order valence-electron chi connectivity index (χ4n) is 4.44. The van der Waals surface area contributed by atoms with Crippen molar-refractivity contribution in [1.82, 2.24) is 30.3 Å². The minimum atomic E-state index is -2.74. The second-order valence-electron chi connectivity index (χ2n) is 7.86. The van der Waals surface area contributed by atoms with Crippen molar-refractivity contribution in [3.63, 3.8) is 0 Å². The van der Waals surface area contributed by atoms with E-state index in [-0.39, 0.29) is 34.6 Å². The zero-order valence-corrected chi connectivity index (χ0v) is 16.2. The number of piperidine rings is 1. The maximum absolute atomic E-state index is 14.9. The molecule has 9 nitrogen and oxygen atoms in total. The van der Waals surface area contributed by atoms with E-state index in [0.29, 0.717) is 28.3 Å². The summed E-state index contributed by atoms with van der Waals surface area (Å²) < 4.78 is 37.5. The number of nitrogens with zero attached hydrogens (tertiary/aromatic N) is 6. The highest BCUT2D eigenvalue weighted by Crippen LogP contribution is 2.34. The van der Waals surface area contributed by atoms with Crippen LogP contribution in [0.1, 0.15) is 23.4 Å². The first-order valence-corrected chi connectivity index (χ1v) is 9.72. The Balaban J connectivity index is 1.45. The molecule has 2 saturated heterocycles. The van der Waals surface area contributed by atoms with Crippen molar-refractivity contribution < 1.29 is 13.6 Å². The molecule has 2 fully saturated rings. The SMILES string of the molecule is [2H]C([2H])([2H])n1ncc2cc(-c3ncc(N(C)[C@H]4CC5CCC(N5)[C@H]4F)nn3)c(O)cc2c1=O. The van der Waals surface area contributed by atoms with Crippen LogP contribution in [0.3, 0.4) is 0 Å². The molecule has 5 rings (SSSR count). The Bertz CT molecular complexity index is 1270. The molecule has 30 heavy (non-hydrogen) atoms. The lowest BCUT2D eigenvalue weighted by molar-refractivity contribution is 0.176. The van der Waals surface area contributed by atoms with Crippen molar-refractivity contribution in [3.05, 3.63) is 34.9 Å². The van der Waals surface area contributed by atoms with Crippen LogP contribution < -0.4 is 15.8 Å². The van der Waals surface area contributed by atoms with E-state index in [1.165, 1.54) is 24.5 Å². The fourth-order valence-corrected chi connectivity index (χ4v) is 4.44. The van der Waals surface area contributed by atoms with Crippen LogP contribution in [0.5, 0.6) is 5.75 Å². The van der Waals surface area contributed by atoms with Gasteiger partial charge in [-0.15, -0.1) is 10.2 Å². The average molecular weight is 414 g/mol. The maximum Gasteiger partial charge on any atom is 0.274 e. The number of hydrogen-bond acceptors (Lipinski definition) is 8. The molecule has 0 aliphatic carbocycles. The van der Waals surface area contributed by atoms with E-state index < -0.39 is 18.7 Å². The van der Waals surface area contributed by atoms with Crippen molar-refractivity contribution in [1.29, 1.82) is 0 Å². The van der Waals surface area contributed by atoms with Gasteiger partial charge in [0.25, 0.3) is 5.56 Å². The molecule has 2 aromatic heterocycles. The average Bonchev–Trinajstić information content (AvgIpc) is 3.19. The predicted octanol–water partition coefficient (Wildman–Crippen LogP) is 1.16. The highest BCUT2D eigenvalue weighted by Gasteiger charge is 2.43. The van der Waals surface area contributed by atoms with Crippen LogP contribution in [0, 0.1) is 0 Å². The highest BCUT2D eigenvalue weighted by atomic mass is 19.1. The molecule has 2 bridgehead atoms. The van der Waals surface area contributed by atoms with E-state index in [1.54, 1.807) is 11.9 Å². The van der Waals surface area contributed by atoms with Crippen molar-refractivity contribution in [3.8, 4) is 17.1 Å². The Labute approximate surface area is 175 Å². The largest absolute Gasteiger partial charge is 0.507 e. The summed E-state index contributed by atoms with van der Waals surface area (Å²) in [5, 5.41) is 26.1. The first kappa shape index (κ1) is 15.7. The Morgan fingerprint density at radius 2 is 2.20 bits per heavy atom. The van der Waals surface area contributed by atoms with E-state index in [0.717, 1.165) is 12.8 Å². The molecule has 0 saturated carbocycles. The minimum Gasteiger partial charge on any atom is -0.507 e. The second-order valence-corrected chi connectivity index (χ2v) is 7.86. The summed E-state index contributed by atoms with van der Waals surface area (Å²) >= 11 is 0. The summed E-state index contributed by atoms with van der Waals surface area (Å²) in [6.07, 6.45) is 4.13. The number of aryl methyl sites for hydroxylation is 1. The third kappa shape index (κ3) is 2.98. The van der Waals surface area contributed by atoms with Crippen LogP contribution in [0.15, 0.2) is 29.3 Å². The molecule has 2 aliphatic rings. The van der Waals surface area contributed by atoms with Crippen molar-refractivity contribution in [2.75, 3.05) is 11.9 Å². The standard InChI is InChI=1S/C20H22FN7O2/c1-27(15-6-11-3-4-14(24-11)18(15)21)17-9-22-19(26-25-17)13-5-10-8-23-28(2)20(30)12(10)7-16(13)29/h5,7-9,11,14-15,18,24,29H,3-4,6H2,1-2H3/t11?,14?,15-,18+/m0/s1/i2D3. The number of hydrogen-bond donors (Lipinski definition) is 2. The van der Waals surface area contributed by atoms with Crippen LogP contribution in [-0.2, 0) is 6.98 Å². The quantitative estimate of drug-likeness (QED) is 0.657. The van der Waals surface area contributed by atoms with Crippen molar-refractivity contribution in [2.45, 2.75) is 43.6 Å². The van der Waals surface area contributed by atoms with Crippen molar-refractivity contribution in [2.24, 2.45) is 6.98 Å². The first-order chi connectivity index (χ1) is 15.6. The number of fused-ring (bicyclic) bond motifs is 3. The topological polar surface area (TPSA) is 109 Å². The molecule has 1 aromatic carbocycles. The molecule has 0 amide bonds. The van der Waals surface area contributed by atoms with Gasteiger partial charge in [0.15, 0.2) is 11.6 Å². The first-order valence-electron chi connectivity index (χ1n) is 11.2. The summed E-state index contributed by atoms with van der Waals surface area (Å²) in [6.45, 7) is -2.74. The summed E-state index contributed by atoms with van der Waals surface area (Å²) in [4.78, 5) is 18.5. The van der Waals surface area contributed by atoms with Gasteiger partial charge >= 0.3 is 0 Å². The number of aromatic nitrogens is 5. The Kier molecular flexibility index (Phi) is 3.64. The van der Waals surface area contributed by atoms with Gasteiger partial charge in [0.1, 0.15) is 11.9 Å². The fraction of sp³-hybridized carbons (Fsp3) is 0.450. The number of phenols is 1. The molecule has 0 spiro atoms. The lowest BCUT2D eigenvalue weighted by Crippen LogP contribution is -2.55. The summed E-state index contributed by atoms with van der Waals surface area (Å²) in [6, 6.07) is 2.44. The van der Waals surface area contributed by atoms with Crippen LogP contribution in [0.4, 0.5) is 10.2 Å². The van der Waals surface area contributed by atoms with Crippen LogP contribution in [-0.4, -0.2) is 61.4 Å². The lowest BCUT2D eigenvalue weighted by Gasteiger charge is -2.38. The Hall–Kier alpha value is -3.14. The third-order valence-electron chi connectivity index (χ3n) is 6.11. The molecule has 0 radical (unpaired) electrons. The molecule has 2 aliphatic heterocycles. The molecule has 4 atom stereocenters. The van der Waals surface area contributed by atoms with Gasteiger partial charge in [-0.1, -0.05) is 0 Å². The van der Waals surface area contributed by atoms with Crippen molar-refractivity contribution >= 4 is 16.6 Å². The number of aromatic hydroxyl groups is 1. The number of halogens is 1. The molecular weight excluding hydrogens is 389 g/mol. The molecule has 3 aromatic rings. The zero-order valence-electron chi connectivity index (χ0n) is 19.2. The molecule has 156 valence electrons. The summed E-state index contributed by atoms with van der Waals surface area (Å²) in [7, 11) is 1.77. The summed E-state index contributed by atoms with van der Waals surface area (Å²) in [5.74, 6) is 0.216. The molecule has 2 N–H and O–H groups in total. The van der Waals surface area contributed by atoms with Crippen LogP contribution in [0.2, 0.25) is 0 Å². The van der Waals surface area contributed by atoms with Gasteiger partial charge in [-0.2, -0.15) is 5.10 Å². The van der Waals surface area contributed by atoms with Gasteiger partial charge in [-0.25, -0.2) is 14.1 Å². The van der Waals surface area contributed by atoms with Gasteiger partial charge in [0, 0.05) is 35.6 Å². The zero-order chi connectivity index (χ0) is 23.5. The number of nitrogens with one attached hydrogen (secondary N) is 1. The third-order valence-corrected chi connectivity index (χ3v) is 6.11. The van der Waals surface area contributed by atoms with E-state index in [4.69, 9.17) is 4.11 Å². The van der Waals surface area contributed by atoms with E-state index in [9.17, 15) is 14.3 Å². The Morgan fingerprint density at radius 1 is 1.33 bits per heavy atom. The Morgan fingerprint density at radius 3 is 2.97 bits per heavy atom. The van der Waals surface area contributed by atoms with Gasteiger partial charge in [0.05, 0.1) is 29.4 Å². The lowest BCUT2D eigenvalue weighted by atomic mass is 9.96. The highest BCUT2D eigenvalue weighted by molar-refractivity contribution is 5.88. The smallest absolute Gasteiger partial charge is 0.274 e. The van der Waals surface area contributed by atoms with Gasteiger partial charge in [0.2, 0.25) is 0 Å². The number of rotatable bonds is 3. The monoisotopic (exact) mass is 414 g/mol. The molecule has 2 unspecified atom stereocenters. The second kappa shape index (κ2) is 6.98. The molecular formula is C20H22FN7O2. The molecule has 4 heterocycles. The molecule has 10 heteroatoms. The maximum atomic E-state index is 14.9. The number of alkyl halides is 1. The summed E-state index contributed by atoms with van der Waals surface area (Å²) in [5.41, 5.74) is -0.637. The number of benzene rings is 1. The van der Waals surface area contributed by atoms with E-state index in [2.05, 4.69) is 25.6 Å². The van der Waals surface area contributed by atoms with Crippen LogP contribution >= 0.6 is 0 Å². The minimum absolute atomic E-state index is 0.00112. The normalized spacial score (nSPS) is 27.5.